The fourth-order valence-corrected chi connectivity index (χ4v) is 6.16. The first-order valence-electron chi connectivity index (χ1n) is 11.2. The van der Waals surface area contributed by atoms with Crippen LogP contribution in [0.3, 0.4) is 0 Å². The molecule has 3 N–H and O–H groups in total. The summed E-state index contributed by atoms with van der Waals surface area (Å²) in [4.78, 5) is 32.7. The molecule has 30 heavy (non-hydrogen) atoms. The Balaban J connectivity index is 1.90. The van der Waals surface area contributed by atoms with Gasteiger partial charge in [0.1, 0.15) is 0 Å². The predicted octanol–water partition coefficient (Wildman–Crippen LogP) is 4.58. The third-order valence-corrected chi connectivity index (χ3v) is 7.78. The summed E-state index contributed by atoms with van der Waals surface area (Å²) < 4.78 is 0. The highest BCUT2D eigenvalue weighted by molar-refractivity contribution is 7.99. The number of primary amides is 1. The normalized spacial score (nSPS) is 21.1. The number of hydrogen-bond acceptors (Lipinski definition) is 4. The standard InChI is InChI=1S/C24H31N3O2S/c1-2-3-13-24(17-10-5-4-6-11-17)14-16-9-7-8-12-18(16)21-20(24)22(29)27-23(26-21)30-15-19(25)28/h7-9,12,17H,2-6,10-11,13-15H2,1H3,(H2,25,28)(H,26,27,29)/t24-/m1/s1. The van der Waals surface area contributed by atoms with Crippen LogP contribution in [0.5, 0.6) is 0 Å². The highest BCUT2D eigenvalue weighted by Gasteiger charge is 2.47. The highest BCUT2D eigenvalue weighted by atomic mass is 32.2. The van der Waals surface area contributed by atoms with E-state index in [1.807, 2.05) is 6.07 Å². The molecular weight excluding hydrogens is 394 g/mol. The van der Waals surface area contributed by atoms with Gasteiger partial charge in [-0.3, -0.25) is 9.59 Å². The molecule has 1 amide bonds. The monoisotopic (exact) mass is 425 g/mol. The van der Waals surface area contributed by atoms with Crippen LogP contribution in [0.2, 0.25) is 0 Å². The fourth-order valence-electron chi connectivity index (χ4n) is 5.56. The summed E-state index contributed by atoms with van der Waals surface area (Å²) in [6.45, 7) is 2.22. The molecule has 2 aliphatic carbocycles. The molecule has 6 heteroatoms. The van der Waals surface area contributed by atoms with Crippen molar-refractivity contribution in [2.24, 2.45) is 11.7 Å². The van der Waals surface area contributed by atoms with Crippen molar-refractivity contribution in [2.45, 2.75) is 75.3 Å². The van der Waals surface area contributed by atoms with E-state index in [1.165, 1.54) is 49.4 Å². The molecule has 4 rings (SSSR count). The molecule has 0 spiro atoms. The number of aromatic amines is 1. The molecule has 160 valence electrons. The lowest BCUT2D eigenvalue weighted by molar-refractivity contribution is -0.115. The number of nitrogens with two attached hydrogens (primary N) is 1. The molecule has 1 heterocycles. The molecule has 5 nitrogen and oxygen atoms in total. The van der Waals surface area contributed by atoms with Crippen molar-refractivity contribution in [3.05, 3.63) is 45.7 Å². The Labute approximate surface area is 182 Å². The molecule has 1 saturated carbocycles. The van der Waals surface area contributed by atoms with Gasteiger partial charge in [-0.15, -0.1) is 0 Å². The van der Waals surface area contributed by atoms with Crippen LogP contribution < -0.4 is 11.3 Å². The SMILES string of the molecule is CCCC[C@]1(C2CCCCC2)Cc2ccccc2-c2nc(SCC(N)=O)[nH]c(=O)c21. The van der Waals surface area contributed by atoms with Crippen LogP contribution in [0.15, 0.2) is 34.2 Å². The molecule has 1 aromatic heterocycles. The van der Waals surface area contributed by atoms with Crippen molar-refractivity contribution in [2.75, 3.05) is 5.75 Å². The van der Waals surface area contributed by atoms with Gasteiger partial charge in [0.15, 0.2) is 5.16 Å². The van der Waals surface area contributed by atoms with Gasteiger partial charge in [-0.05, 0) is 37.2 Å². The first-order valence-corrected chi connectivity index (χ1v) is 12.2. The summed E-state index contributed by atoms with van der Waals surface area (Å²) in [5, 5.41) is 0.474. The number of unbranched alkanes of at least 4 members (excludes halogenated alkanes) is 1. The number of hydrogen-bond donors (Lipinski definition) is 2. The Morgan fingerprint density at radius 2 is 2.03 bits per heavy atom. The van der Waals surface area contributed by atoms with Crippen LogP contribution in [0.25, 0.3) is 11.3 Å². The average molecular weight is 426 g/mol. The zero-order valence-electron chi connectivity index (χ0n) is 17.7. The number of benzene rings is 1. The van der Waals surface area contributed by atoms with E-state index < -0.39 is 5.91 Å². The van der Waals surface area contributed by atoms with E-state index in [0.29, 0.717) is 11.1 Å². The Bertz CT molecular complexity index is 981. The van der Waals surface area contributed by atoms with Crippen molar-refractivity contribution >= 4 is 17.7 Å². The summed E-state index contributed by atoms with van der Waals surface area (Å²) in [7, 11) is 0. The van der Waals surface area contributed by atoms with Crippen molar-refractivity contribution in [3.63, 3.8) is 0 Å². The number of amides is 1. The van der Waals surface area contributed by atoms with Crippen LogP contribution in [-0.4, -0.2) is 21.6 Å². The molecule has 0 aliphatic heterocycles. The minimum Gasteiger partial charge on any atom is -0.369 e. The number of thioether (sulfide) groups is 1. The fraction of sp³-hybridized carbons (Fsp3) is 0.542. The third-order valence-electron chi connectivity index (χ3n) is 6.89. The van der Waals surface area contributed by atoms with Crippen LogP contribution in [-0.2, 0) is 16.6 Å². The second-order valence-electron chi connectivity index (χ2n) is 8.78. The van der Waals surface area contributed by atoms with Crippen molar-refractivity contribution in [3.8, 4) is 11.3 Å². The molecule has 2 aliphatic rings. The van der Waals surface area contributed by atoms with Gasteiger partial charge in [0, 0.05) is 11.0 Å². The first kappa shape index (κ1) is 21.2. The number of rotatable bonds is 7. The van der Waals surface area contributed by atoms with Gasteiger partial charge in [-0.2, -0.15) is 0 Å². The molecule has 0 saturated heterocycles. The number of aromatic nitrogens is 2. The van der Waals surface area contributed by atoms with Crippen LogP contribution >= 0.6 is 11.8 Å². The lowest BCUT2D eigenvalue weighted by atomic mass is 9.57. The summed E-state index contributed by atoms with van der Waals surface area (Å²) >= 11 is 1.20. The van der Waals surface area contributed by atoms with E-state index >= 15 is 0 Å². The number of carbonyl (C=O) groups excluding carboxylic acids is 1. The number of H-pyrrole nitrogens is 1. The topological polar surface area (TPSA) is 88.8 Å². The largest absolute Gasteiger partial charge is 0.369 e. The minimum absolute atomic E-state index is 0.0387. The van der Waals surface area contributed by atoms with Gasteiger partial charge >= 0.3 is 0 Å². The first-order chi connectivity index (χ1) is 14.5. The van der Waals surface area contributed by atoms with Gasteiger partial charge in [0.2, 0.25) is 5.91 Å². The van der Waals surface area contributed by atoms with Gasteiger partial charge in [-0.1, -0.05) is 75.1 Å². The van der Waals surface area contributed by atoms with Crippen molar-refractivity contribution in [1.82, 2.24) is 9.97 Å². The van der Waals surface area contributed by atoms with Gasteiger partial charge in [0.05, 0.1) is 17.0 Å². The second-order valence-corrected chi connectivity index (χ2v) is 9.74. The Morgan fingerprint density at radius 1 is 1.27 bits per heavy atom. The Hall–Kier alpha value is -2.08. The molecule has 1 atom stereocenters. The van der Waals surface area contributed by atoms with Crippen molar-refractivity contribution in [1.29, 1.82) is 0 Å². The number of nitrogens with one attached hydrogen (secondary N) is 1. The Kier molecular flexibility index (Phi) is 6.32. The molecule has 2 aromatic rings. The number of fused-ring (bicyclic) bond motifs is 3. The van der Waals surface area contributed by atoms with Crippen LogP contribution in [0, 0.1) is 5.92 Å². The summed E-state index contributed by atoms with van der Waals surface area (Å²) in [5.74, 6) is 0.199. The zero-order valence-corrected chi connectivity index (χ0v) is 18.5. The van der Waals surface area contributed by atoms with Gasteiger partial charge in [0.25, 0.3) is 5.56 Å². The molecular formula is C24H31N3O2S. The maximum absolute atomic E-state index is 13.5. The smallest absolute Gasteiger partial charge is 0.255 e. The lowest BCUT2D eigenvalue weighted by Gasteiger charge is -2.46. The second kappa shape index (κ2) is 8.96. The average Bonchev–Trinajstić information content (AvgIpc) is 2.76. The van der Waals surface area contributed by atoms with Crippen molar-refractivity contribution < 1.29 is 4.79 Å². The predicted molar refractivity (Wildman–Crippen MR) is 122 cm³/mol. The van der Waals surface area contributed by atoms with Crippen LogP contribution in [0.4, 0.5) is 0 Å². The molecule has 1 aromatic carbocycles. The highest BCUT2D eigenvalue weighted by Crippen LogP contribution is 2.51. The van der Waals surface area contributed by atoms with E-state index in [-0.39, 0.29) is 16.7 Å². The van der Waals surface area contributed by atoms with E-state index in [1.54, 1.807) is 0 Å². The maximum atomic E-state index is 13.5. The minimum atomic E-state index is -0.416. The Morgan fingerprint density at radius 3 is 2.77 bits per heavy atom. The molecule has 0 unspecified atom stereocenters. The lowest BCUT2D eigenvalue weighted by Crippen LogP contribution is -2.45. The van der Waals surface area contributed by atoms with Gasteiger partial charge < -0.3 is 10.7 Å². The van der Waals surface area contributed by atoms with Crippen LogP contribution in [0.1, 0.15) is 69.4 Å². The maximum Gasteiger partial charge on any atom is 0.255 e. The van der Waals surface area contributed by atoms with E-state index in [0.717, 1.165) is 42.5 Å². The molecule has 0 bridgehead atoms. The van der Waals surface area contributed by atoms with E-state index in [9.17, 15) is 9.59 Å². The third kappa shape index (κ3) is 3.94. The number of nitrogens with zero attached hydrogens (tertiary/aromatic N) is 1. The van der Waals surface area contributed by atoms with Gasteiger partial charge in [-0.25, -0.2) is 4.98 Å². The van der Waals surface area contributed by atoms with E-state index in [4.69, 9.17) is 10.7 Å². The number of carbonyl (C=O) groups is 1. The zero-order chi connectivity index (χ0) is 21.1. The summed E-state index contributed by atoms with van der Waals surface area (Å²) in [6, 6.07) is 8.38. The molecule has 0 radical (unpaired) electrons. The molecule has 1 fully saturated rings. The quantitative estimate of drug-likeness (QED) is 0.502. The summed E-state index contributed by atoms with van der Waals surface area (Å²) in [6.07, 6.45) is 10.3. The summed E-state index contributed by atoms with van der Waals surface area (Å²) in [5.41, 5.74) is 9.15. The van der Waals surface area contributed by atoms with E-state index in [2.05, 4.69) is 30.1 Å².